The standard InChI is InChI=1S/C17H21N3O2/c1-11-9-20(10-14-6-4-5-7-16(14)22-11)17(21)8-15-12(2)18-19-13(15)3/h4-7,11H,8-10H2,1-3H3,(H,18,19). The van der Waals surface area contributed by atoms with E-state index in [1.54, 1.807) is 0 Å². The maximum Gasteiger partial charge on any atom is 0.227 e. The topological polar surface area (TPSA) is 58.2 Å². The van der Waals surface area contributed by atoms with E-state index in [1.165, 1.54) is 0 Å². The van der Waals surface area contributed by atoms with E-state index in [1.807, 2.05) is 49.9 Å². The first-order valence-electron chi connectivity index (χ1n) is 7.57. The molecule has 1 amide bonds. The number of aromatic amines is 1. The van der Waals surface area contributed by atoms with E-state index in [2.05, 4.69) is 10.2 Å². The number of carbonyl (C=O) groups excluding carboxylic acids is 1. The van der Waals surface area contributed by atoms with Crippen LogP contribution in [0, 0.1) is 13.8 Å². The Morgan fingerprint density at radius 3 is 2.91 bits per heavy atom. The minimum atomic E-state index is -0.0147. The molecule has 1 aliphatic heterocycles. The molecule has 2 aromatic rings. The summed E-state index contributed by atoms with van der Waals surface area (Å²) >= 11 is 0. The molecule has 0 saturated carbocycles. The second-order valence-corrected chi connectivity index (χ2v) is 5.90. The van der Waals surface area contributed by atoms with Crippen LogP contribution >= 0.6 is 0 Å². The second-order valence-electron chi connectivity index (χ2n) is 5.90. The fourth-order valence-electron chi connectivity index (χ4n) is 2.87. The van der Waals surface area contributed by atoms with Crippen molar-refractivity contribution in [3.05, 3.63) is 46.8 Å². The minimum Gasteiger partial charge on any atom is -0.489 e. The van der Waals surface area contributed by atoms with Gasteiger partial charge in [0, 0.05) is 23.4 Å². The predicted octanol–water partition coefficient (Wildman–Crippen LogP) is 2.38. The zero-order valence-electron chi connectivity index (χ0n) is 13.2. The Hall–Kier alpha value is -2.30. The van der Waals surface area contributed by atoms with Gasteiger partial charge < -0.3 is 9.64 Å². The maximum atomic E-state index is 12.7. The molecule has 1 N–H and O–H groups in total. The highest BCUT2D eigenvalue weighted by Crippen LogP contribution is 2.25. The number of rotatable bonds is 2. The van der Waals surface area contributed by atoms with E-state index in [0.29, 0.717) is 19.5 Å². The lowest BCUT2D eigenvalue weighted by molar-refractivity contribution is -0.131. The summed E-state index contributed by atoms with van der Waals surface area (Å²) < 4.78 is 5.91. The van der Waals surface area contributed by atoms with Gasteiger partial charge in [-0.25, -0.2) is 0 Å². The Kier molecular flexibility index (Phi) is 3.88. The van der Waals surface area contributed by atoms with Gasteiger partial charge in [-0.3, -0.25) is 9.89 Å². The molecule has 1 aromatic carbocycles. The molecule has 2 heterocycles. The number of H-pyrrole nitrogens is 1. The van der Waals surface area contributed by atoms with E-state index in [9.17, 15) is 4.79 Å². The van der Waals surface area contributed by atoms with Gasteiger partial charge in [0.15, 0.2) is 0 Å². The Morgan fingerprint density at radius 2 is 2.18 bits per heavy atom. The van der Waals surface area contributed by atoms with Crippen molar-refractivity contribution in [3.8, 4) is 5.75 Å². The Morgan fingerprint density at radius 1 is 1.41 bits per heavy atom. The van der Waals surface area contributed by atoms with Crippen LogP contribution in [0.15, 0.2) is 24.3 Å². The number of benzene rings is 1. The number of hydrogen-bond acceptors (Lipinski definition) is 3. The third-order valence-corrected chi connectivity index (χ3v) is 4.10. The molecular weight excluding hydrogens is 278 g/mol. The number of ether oxygens (including phenoxy) is 1. The number of amides is 1. The van der Waals surface area contributed by atoms with Gasteiger partial charge in [-0.15, -0.1) is 0 Å². The number of fused-ring (bicyclic) bond motifs is 1. The number of aryl methyl sites for hydroxylation is 2. The molecule has 1 aliphatic rings. The van der Waals surface area contributed by atoms with Crippen LogP contribution in [0.4, 0.5) is 0 Å². The minimum absolute atomic E-state index is 0.0147. The van der Waals surface area contributed by atoms with Crippen LogP contribution in [-0.4, -0.2) is 33.7 Å². The molecule has 0 fully saturated rings. The molecule has 0 bridgehead atoms. The first-order chi connectivity index (χ1) is 10.5. The average molecular weight is 299 g/mol. The molecule has 5 nitrogen and oxygen atoms in total. The van der Waals surface area contributed by atoms with Gasteiger partial charge in [-0.2, -0.15) is 5.10 Å². The first-order valence-corrected chi connectivity index (χ1v) is 7.57. The van der Waals surface area contributed by atoms with Gasteiger partial charge in [0.05, 0.1) is 18.7 Å². The highest BCUT2D eigenvalue weighted by molar-refractivity contribution is 5.79. The van der Waals surface area contributed by atoms with Gasteiger partial charge in [-0.05, 0) is 26.8 Å². The maximum absolute atomic E-state index is 12.7. The van der Waals surface area contributed by atoms with E-state index in [4.69, 9.17) is 4.74 Å². The molecule has 0 saturated heterocycles. The fraction of sp³-hybridized carbons (Fsp3) is 0.412. The van der Waals surface area contributed by atoms with Crippen LogP contribution in [-0.2, 0) is 17.8 Å². The largest absolute Gasteiger partial charge is 0.489 e. The van der Waals surface area contributed by atoms with Crippen molar-refractivity contribution in [2.24, 2.45) is 0 Å². The van der Waals surface area contributed by atoms with Crippen LogP contribution in [0.25, 0.3) is 0 Å². The van der Waals surface area contributed by atoms with Crippen LogP contribution in [0.1, 0.15) is 29.4 Å². The predicted molar refractivity (Wildman–Crippen MR) is 83.7 cm³/mol. The number of hydrogen-bond donors (Lipinski definition) is 1. The molecular formula is C17H21N3O2. The summed E-state index contributed by atoms with van der Waals surface area (Å²) in [5, 5.41) is 7.10. The van der Waals surface area contributed by atoms with E-state index in [0.717, 1.165) is 28.3 Å². The van der Waals surface area contributed by atoms with Crippen LogP contribution in [0.5, 0.6) is 5.75 Å². The summed E-state index contributed by atoms with van der Waals surface area (Å²) in [6.45, 7) is 7.07. The molecule has 0 radical (unpaired) electrons. The average Bonchev–Trinajstić information content (AvgIpc) is 2.72. The van der Waals surface area contributed by atoms with Crippen LogP contribution < -0.4 is 4.74 Å². The molecule has 1 atom stereocenters. The molecule has 22 heavy (non-hydrogen) atoms. The fourth-order valence-corrected chi connectivity index (χ4v) is 2.87. The lowest BCUT2D eigenvalue weighted by Gasteiger charge is -2.22. The van der Waals surface area contributed by atoms with Crippen LogP contribution in [0.2, 0.25) is 0 Å². The summed E-state index contributed by atoms with van der Waals surface area (Å²) in [5.74, 6) is 0.987. The van der Waals surface area contributed by atoms with Crippen molar-refractivity contribution in [1.82, 2.24) is 15.1 Å². The molecule has 1 aromatic heterocycles. The SMILES string of the molecule is Cc1n[nH]c(C)c1CC(=O)N1Cc2ccccc2OC(C)C1. The van der Waals surface area contributed by atoms with Crippen molar-refractivity contribution < 1.29 is 9.53 Å². The molecule has 1 unspecified atom stereocenters. The zero-order chi connectivity index (χ0) is 15.7. The number of carbonyl (C=O) groups is 1. The second kappa shape index (κ2) is 5.83. The number of para-hydroxylation sites is 1. The van der Waals surface area contributed by atoms with Crippen LogP contribution in [0.3, 0.4) is 0 Å². The third-order valence-electron chi connectivity index (χ3n) is 4.10. The Labute approximate surface area is 130 Å². The molecule has 0 spiro atoms. The highest BCUT2D eigenvalue weighted by atomic mass is 16.5. The molecule has 5 heteroatoms. The van der Waals surface area contributed by atoms with Crippen molar-refractivity contribution in [1.29, 1.82) is 0 Å². The summed E-state index contributed by atoms with van der Waals surface area (Å²) in [5.41, 5.74) is 3.91. The lowest BCUT2D eigenvalue weighted by atomic mass is 10.1. The molecule has 0 aliphatic carbocycles. The summed E-state index contributed by atoms with van der Waals surface area (Å²) in [4.78, 5) is 14.6. The first kappa shape index (κ1) is 14.6. The molecule has 3 rings (SSSR count). The lowest BCUT2D eigenvalue weighted by Crippen LogP contribution is -2.37. The van der Waals surface area contributed by atoms with Gasteiger partial charge in [-0.1, -0.05) is 18.2 Å². The normalized spacial score (nSPS) is 17.6. The molecule has 116 valence electrons. The van der Waals surface area contributed by atoms with Gasteiger partial charge in [0.1, 0.15) is 11.9 Å². The number of aromatic nitrogens is 2. The number of nitrogens with one attached hydrogen (secondary N) is 1. The van der Waals surface area contributed by atoms with Crippen molar-refractivity contribution >= 4 is 5.91 Å². The van der Waals surface area contributed by atoms with Crippen molar-refractivity contribution in [3.63, 3.8) is 0 Å². The van der Waals surface area contributed by atoms with E-state index >= 15 is 0 Å². The van der Waals surface area contributed by atoms with E-state index in [-0.39, 0.29) is 12.0 Å². The van der Waals surface area contributed by atoms with E-state index < -0.39 is 0 Å². The summed E-state index contributed by atoms with van der Waals surface area (Å²) in [7, 11) is 0. The van der Waals surface area contributed by atoms with Crippen molar-refractivity contribution in [2.75, 3.05) is 6.54 Å². The quantitative estimate of drug-likeness (QED) is 0.926. The van der Waals surface area contributed by atoms with Gasteiger partial charge in [0.2, 0.25) is 5.91 Å². The monoisotopic (exact) mass is 299 g/mol. The number of nitrogens with zero attached hydrogens (tertiary/aromatic N) is 2. The van der Waals surface area contributed by atoms with Crippen molar-refractivity contribution in [2.45, 2.75) is 39.8 Å². The Balaban J connectivity index is 1.81. The summed E-state index contributed by atoms with van der Waals surface area (Å²) in [6.07, 6.45) is 0.363. The highest BCUT2D eigenvalue weighted by Gasteiger charge is 2.24. The summed E-state index contributed by atoms with van der Waals surface area (Å²) in [6, 6.07) is 7.92. The smallest absolute Gasteiger partial charge is 0.227 e. The van der Waals surface area contributed by atoms with Gasteiger partial charge in [0.25, 0.3) is 0 Å². The zero-order valence-corrected chi connectivity index (χ0v) is 13.2. The Bertz CT molecular complexity index is 673. The van der Waals surface area contributed by atoms with Gasteiger partial charge >= 0.3 is 0 Å². The third kappa shape index (κ3) is 2.84.